The quantitative estimate of drug-likeness (QED) is 0.476. The van der Waals surface area contributed by atoms with Gasteiger partial charge in [-0.1, -0.05) is 6.08 Å². The predicted molar refractivity (Wildman–Crippen MR) is 61.7 cm³/mol. The molecule has 0 aliphatic carbocycles. The number of hydrogen-bond acceptors (Lipinski definition) is 4. The van der Waals surface area contributed by atoms with E-state index in [0.29, 0.717) is 6.61 Å². The first-order valence-electron chi connectivity index (χ1n) is 4.71. The minimum absolute atomic E-state index is 0.259. The molecule has 0 amide bonds. The second kappa shape index (κ2) is 9.09. The number of nitrogens with zero attached hydrogens (tertiary/aromatic N) is 1. The van der Waals surface area contributed by atoms with Gasteiger partial charge in [-0.2, -0.15) is 11.8 Å². The molecule has 4 heteroatoms. The van der Waals surface area contributed by atoms with Crippen molar-refractivity contribution in [2.75, 3.05) is 38.8 Å². The van der Waals surface area contributed by atoms with E-state index in [1.165, 1.54) is 6.08 Å². The lowest BCUT2D eigenvalue weighted by molar-refractivity contribution is -0.137. The molecular weight excluding hydrogens is 198 g/mol. The summed E-state index contributed by atoms with van der Waals surface area (Å²) in [6.07, 6.45) is 5.40. The molecule has 0 aromatic rings. The molecule has 0 saturated heterocycles. The Balaban J connectivity index is 3.54. The van der Waals surface area contributed by atoms with Crippen LogP contribution < -0.4 is 0 Å². The van der Waals surface area contributed by atoms with Gasteiger partial charge < -0.3 is 9.64 Å². The molecule has 14 heavy (non-hydrogen) atoms. The molecule has 0 saturated carbocycles. The maximum atomic E-state index is 10.9. The van der Waals surface area contributed by atoms with E-state index < -0.39 is 0 Å². The minimum atomic E-state index is -0.259. The van der Waals surface area contributed by atoms with E-state index in [2.05, 4.69) is 11.2 Å². The summed E-state index contributed by atoms with van der Waals surface area (Å²) in [5, 5.41) is 0. The second-order valence-corrected chi connectivity index (χ2v) is 3.90. The van der Waals surface area contributed by atoms with E-state index in [1.54, 1.807) is 6.92 Å². The van der Waals surface area contributed by atoms with Gasteiger partial charge in [-0.15, -0.1) is 0 Å². The Morgan fingerprint density at radius 2 is 2.29 bits per heavy atom. The normalized spacial score (nSPS) is 11.1. The average molecular weight is 217 g/mol. The van der Waals surface area contributed by atoms with Crippen molar-refractivity contribution in [1.82, 2.24) is 4.90 Å². The van der Waals surface area contributed by atoms with Gasteiger partial charge in [0.15, 0.2) is 0 Å². The summed E-state index contributed by atoms with van der Waals surface area (Å²) < 4.78 is 4.76. The lowest BCUT2D eigenvalue weighted by Gasteiger charge is -2.12. The van der Waals surface area contributed by atoms with Gasteiger partial charge >= 0.3 is 5.97 Å². The van der Waals surface area contributed by atoms with Gasteiger partial charge in [0.2, 0.25) is 0 Å². The Kier molecular flexibility index (Phi) is 8.78. The first-order valence-corrected chi connectivity index (χ1v) is 6.10. The van der Waals surface area contributed by atoms with Gasteiger partial charge in [0.05, 0.1) is 6.61 Å². The SMILES string of the molecule is CCOC(=O)/C=C/CN(C)CCSC. The van der Waals surface area contributed by atoms with Gasteiger partial charge in [-0.25, -0.2) is 4.79 Å². The van der Waals surface area contributed by atoms with E-state index in [-0.39, 0.29) is 5.97 Å². The van der Waals surface area contributed by atoms with Crippen LogP contribution in [0.5, 0.6) is 0 Å². The number of thioether (sulfide) groups is 1. The van der Waals surface area contributed by atoms with Crippen LogP contribution in [0.4, 0.5) is 0 Å². The highest BCUT2D eigenvalue weighted by molar-refractivity contribution is 7.98. The molecule has 0 aliphatic heterocycles. The van der Waals surface area contributed by atoms with Crippen LogP contribution in [0.2, 0.25) is 0 Å². The third kappa shape index (κ3) is 8.13. The topological polar surface area (TPSA) is 29.5 Å². The third-order valence-corrected chi connectivity index (χ3v) is 2.23. The highest BCUT2D eigenvalue weighted by atomic mass is 32.2. The number of rotatable bonds is 7. The van der Waals surface area contributed by atoms with Gasteiger partial charge in [-0.05, 0) is 20.2 Å². The summed E-state index contributed by atoms with van der Waals surface area (Å²) in [6.45, 7) is 4.07. The summed E-state index contributed by atoms with van der Waals surface area (Å²) in [7, 11) is 2.03. The number of carbonyl (C=O) groups excluding carboxylic acids is 1. The highest BCUT2D eigenvalue weighted by Crippen LogP contribution is 1.93. The summed E-state index contributed by atoms with van der Waals surface area (Å²) in [4.78, 5) is 13.1. The summed E-state index contributed by atoms with van der Waals surface area (Å²) >= 11 is 1.82. The Morgan fingerprint density at radius 1 is 1.57 bits per heavy atom. The summed E-state index contributed by atoms with van der Waals surface area (Å²) in [5.74, 6) is 0.856. The van der Waals surface area contributed by atoms with Gasteiger partial charge in [-0.3, -0.25) is 0 Å². The Bertz CT molecular complexity index is 183. The first-order chi connectivity index (χ1) is 6.70. The van der Waals surface area contributed by atoms with Crippen molar-refractivity contribution in [3.63, 3.8) is 0 Å². The summed E-state index contributed by atoms with van der Waals surface area (Å²) in [6, 6.07) is 0. The predicted octanol–water partition coefficient (Wildman–Crippen LogP) is 1.40. The Morgan fingerprint density at radius 3 is 2.86 bits per heavy atom. The maximum Gasteiger partial charge on any atom is 0.330 e. The molecule has 0 heterocycles. The monoisotopic (exact) mass is 217 g/mol. The van der Waals surface area contributed by atoms with Crippen LogP contribution in [-0.4, -0.2) is 49.6 Å². The lowest BCUT2D eigenvalue weighted by atomic mass is 10.4. The van der Waals surface area contributed by atoms with Crippen LogP contribution in [0, 0.1) is 0 Å². The Hall–Kier alpha value is -0.480. The molecule has 0 unspecified atom stereocenters. The standard InChI is InChI=1S/C10H19NO2S/c1-4-13-10(12)6-5-7-11(2)8-9-14-3/h5-6H,4,7-9H2,1-3H3/b6-5+. The van der Waals surface area contributed by atoms with Crippen LogP contribution in [0.15, 0.2) is 12.2 Å². The van der Waals surface area contributed by atoms with Gasteiger partial charge in [0.25, 0.3) is 0 Å². The van der Waals surface area contributed by atoms with Crippen LogP contribution >= 0.6 is 11.8 Å². The fraction of sp³-hybridized carbons (Fsp3) is 0.700. The largest absolute Gasteiger partial charge is 0.463 e. The highest BCUT2D eigenvalue weighted by Gasteiger charge is 1.95. The minimum Gasteiger partial charge on any atom is -0.463 e. The smallest absolute Gasteiger partial charge is 0.330 e. The first kappa shape index (κ1) is 13.5. The second-order valence-electron chi connectivity index (χ2n) is 2.91. The number of hydrogen-bond donors (Lipinski definition) is 0. The van der Waals surface area contributed by atoms with E-state index in [9.17, 15) is 4.79 Å². The molecule has 0 rings (SSSR count). The zero-order valence-corrected chi connectivity index (χ0v) is 9.97. The number of likely N-dealkylation sites (N-methyl/N-ethyl adjacent to an activating group) is 1. The zero-order valence-electron chi connectivity index (χ0n) is 9.16. The Labute approximate surface area is 90.5 Å². The third-order valence-electron chi connectivity index (χ3n) is 1.63. The number of esters is 1. The molecule has 0 bridgehead atoms. The number of carbonyl (C=O) groups is 1. The number of ether oxygens (including phenoxy) is 1. The molecule has 0 aliphatic rings. The van der Waals surface area contributed by atoms with Crippen molar-refractivity contribution in [3.05, 3.63) is 12.2 Å². The van der Waals surface area contributed by atoms with Crippen LogP contribution in [0.3, 0.4) is 0 Å². The molecule has 0 aromatic carbocycles. The lowest BCUT2D eigenvalue weighted by Crippen LogP contribution is -2.21. The molecule has 0 spiro atoms. The van der Waals surface area contributed by atoms with E-state index in [1.807, 2.05) is 24.9 Å². The fourth-order valence-electron chi connectivity index (χ4n) is 0.858. The van der Waals surface area contributed by atoms with Gasteiger partial charge in [0.1, 0.15) is 0 Å². The van der Waals surface area contributed by atoms with E-state index in [4.69, 9.17) is 4.74 Å². The van der Waals surface area contributed by atoms with Crippen molar-refractivity contribution in [2.24, 2.45) is 0 Å². The molecule has 3 nitrogen and oxygen atoms in total. The average Bonchev–Trinajstić information content (AvgIpc) is 2.15. The molecule has 82 valence electrons. The zero-order chi connectivity index (χ0) is 10.8. The summed E-state index contributed by atoms with van der Waals surface area (Å²) in [5.41, 5.74) is 0. The van der Waals surface area contributed by atoms with Crippen LogP contribution in [-0.2, 0) is 9.53 Å². The van der Waals surface area contributed by atoms with Crippen molar-refractivity contribution >= 4 is 17.7 Å². The van der Waals surface area contributed by atoms with E-state index in [0.717, 1.165) is 18.8 Å². The molecule has 0 radical (unpaired) electrons. The molecular formula is C10H19NO2S. The molecule has 0 aromatic heterocycles. The van der Waals surface area contributed by atoms with Crippen molar-refractivity contribution in [2.45, 2.75) is 6.92 Å². The van der Waals surface area contributed by atoms with E-state index >= 15 is 0 Å². The van der Waals surface area contributed by atoms with Crippen LogP contribution in [0.1, 0.15) is 6.92 Å². The van der Waals surface area contributed by atoms with Gasteiger partial charge in [0, 0.05) is 24.9 Å². The van der Waals surface area contributed by atoms with Crippen molar-refractivity contribution in [1.29, 1.82) is 0 Å². The van der Waals surface area contributed by atoms with Crippen molar-refractivity contribution < 1.29 is 9.53 Å². The molecule has 0 N–H and O–H groups in total. The molecule has 0 fully saturated rings. The molecule has 0 atom stereocenters. The van der Waals surface area contributed by atoms with Crippen LogP contribution in [0.25, 0.3) is 0 Å². The maximum absolute atomic E-state index is 10.9. The van der Waals surface area contributed by atoms with Crippen molar-refractivity contribution in [3.8, 4) is 0 Å². The fourth-order valence-corrected chi connectivity index (χ4v) is 1.35.